The zero-order valence-electron chi connectivity index (χ0n) is 10.6. The molecule has 0 amide bonds. The van der Waals surface area contributed by atoms with Crippen LogP contribution in [-0.4, -0.2) is 20.0 Å². The second kappa shape index (κ2) is 8.31. The van der Waals surface area contributed by atoms with Crippen molar-refractivity contribution in [2.45, 2.75) is 32.3 Å². The van der Waals surface area contributed by atoms with E-state index in [1.807, 2.05) is 18.2 Å². The van der Waals surface area contributed by atoms with Crippen LogP contribution in [0.4, 0.5) is 0 Å². The number of allylic oxidation sites excluding steroid dienone is 2. The highest BCUT2D eigenvalue weighted by atomic mass is 16.7. The van der Waals surface area contributed by atoms with Crippen molar-refractivity contribution in [2.24, 2.45) is 5.41 Å². The fourth-order valence-corrected chi connectivity index (χ4v) is 1.59. The highest BCUT2D eigenvalue weighted by molar-refractivity contribution is 5.06. The van der Waals surface area contributed by atoms with Crippen LogP contribution in [0.5, 0.6) is 0 Å². The molecular formula is C14H24O2. The molecule has 0 saturated heterocycles. The van der Waals surface area contributed by atoms with Crippen LogP contribution in [0.25, 0.3) is 0 Å². The van der Waals surface area contributed by atoms with E-state index < -0.39 is 0 Å². The van der Waals surface area contributed by atoms with E-state index in [0.29, 0.717) is 6.79 Å². The number of methoxy groups -OCH3 is 1. The van der Waals surface area contributed by atoms with Crippen LogP contribution >= 0.6 is 0 Å². The van der Waals surface area contributed by atoms with Gasteiger partial charge < -0.3 is 9.47 Å². The Bertz CT molecular complexity index is 213. The van der Waals surface area contributed by atoms with Gasteiger partial charge >= 0.3 is 0 Å². The molecule has 16 heavy (non-hydrogen) atoms. The fraction of sp³-hybridized carbons (Fsp3) is 0.571. The fourth-order valence-electron chi connectivity index (χ4n) is 1.59. The summed E-state index contributed by atoms with van der Waals surface area (Å²) in [6, 6.07) is 0. The lowest BCUT2D eigenvalue weighted by atomic mass is 9.80. The zero-order chi connectivity index (χ0) is 12.4. The minimum atomic E-state index is 0.0116. The van der Waals surface area contributed by atoms with Crippen LogP contribution in [0.15, 0.2) is 38.0 Å². The summed E-state index contributed by atoms with van der Waals surface area (Å²) in [6.07, 6.45) is 8.66. The van der Waals surface area contributed by atoms with Crippen molar-refractivity contribution < 1.29 is 9.47 Å². The topological polar surface area (TPSA) is 18.5 Å². The van der Waals surface area contributed by atoms with E-state index in [4.69, 9.17) is 9.47 Å². The summed E-state index contributed by atoms with van der Waals surface area (Å²) in [5, 5.41) is 0. The molecule has 1 unspecified atom stereocenters. The van der Waals surface area contributed by atoms with E-state index in [1.165, 1.54) is 0 Å². The highest BCUT2D eigenvalue weighted by Crippen LogP contribution is 2.31. The Morgan fingerprint density at radius 2 is 1.88 bits per heavy atom. The molecular weight excluding hydrogens is 200 g/mol. The Hall–Kier alpha value is -0.860. The summed E-state index contributed by atoms with van der Waals surface area (Å²) in [5.74, 6) is 0. The molecule has 0 rings (SSSR count). The number of hydrogen-bond donors (Lipinski definition) is 0. The first kappa shape index (κ1) is 15.1. The van der Waals surface area contributed by atoms with Gasteiger partial charge in [-0.05, 0) is 19.3 Å². The summed E-state index contributed by atoms with van der Waals surface area (Å²) >= 11 is 0. The van der Waals surface area contributed by atoms with Gasteiger partial charge in [0.15, 0.2) is 0 Å². The lowest BCUT2D eigenvalue weighted by Gasteiger charge is -2.26. The molecule has 0 heterocycles. The minimum absolute atomic E-state index is 0.0116. The smallest absolute Gasteiger partial charge is 0.147 e. The van der Waals surface area contributed by atoms with Crippen molar-refractivity contribution in [3.63, 3.8) is 0 Å². The summed E-state index contributed by atoms with van der Waals surface area (Å²) in [5.41, 5.74) is 0.0116. The van der Waals surface area contributed by atoms with Gasteiger partial charge in [0.05, 0.1) is 6.10 Å². The first-order valence-corrected chi connectivity index (χ1v) is 5.68. The molecule has 1 atom stereocenters. The zero-order valence-corrected chi connectivity index (χ0v) is 10.6. The molecule has 92 valence electrons. The van der Waals surface area contributed by atoms with E-state index in [9.17, 15) is 0 Å². The molecule has 0 bridgehead atoms. The predicted molar refractivity (Wildman–Crippen MR) is 69.3 cm³/mol. The van der Waals surface area contributed by atoms with Crippen LogP contribution in [0.3, 0.4) is 0 Å². The molecule has 0 saturated carbocycles. The van der Waals surface area contributed by atoms with E-state index in [-0.39, 0.29) is 11.5 Å². The van der Waals surface area contributed by atoms with Gasteiger partial charge in [0, 0.05) is 12.5 Å². The quantitative estimate of drug-likeness (QED) is 0.416. The molecule has 0 aromatic heterocycles. The highest BCUT2D eigenvalue weighted by Gasteiger charge is 2.21. The third-order valence-corrected chi connectivity index (χ3v) is 3.03. The molecule has 0 aliphatic rings. The van der Waals surface area contributed by atoms with Gasteiger partial charge in [-0.25, -0.2) is 0 Å². The monoisotopic (exact) mass is 224 g/mol. The largest absolute Gasteiger partial charge is 0.359 e. The van der Waals surface area contributed by atoms with Crippen LogP contribution in [-0.2, 0) is 9.47 Å². The van der Waals surface area contributed by atoms with E-state index in [0.717, 1.165) is 19.3 Å². The third-order valence-electron chi connectivity index (χ3n) is 3.03. The van der Waals surface area contributed by atoms with Crippen molar-refractivity contribution in [3.8, 4) is 0 Å². The summed E-state index contributed by atoms with van der Waals surface area (Å²) in [7, 11) is 1.62. The molecule has 0 N–H and O–H groups in total. The maximum Gasteiger partial charge on any atom is 0.147 e. The normalized spacial score (nSPS) is 13.1. The molecule has 0 radical (unpaired) electrons. The average molecular weight is 224 g/mol. The Labute approximate surface area is 99.6 Å². The molecule has 0 spiro atoms. The summed E-state index contributed by atoms with van der Waals surface area (Å²) in [4.78, 5) is 0. The van der Waals surface area contributed by atoms with Gasteiger partial charge in [-0.2, -0.15) is 0 Å². The van der Waals surface area contributed by atoms with Crippen molar-refractivity contribution >= 4 is 0 Å². The van der Waals surface area contributed by atoms with Gasteiger partial charge in [-0.3, -0.25) is 0 Å². The van der Waals surface area contributed by atoms with Gasteiger partial charge in [0.25, 0.3) is 0 Å². The lowest BCUT2D eigenvalue weighted by Crippen LogP contribution is -2.18. The van der Waals surface area contributed by atoms with Crippen molar-refractivity contribution in [2.75, 3.05) is 13.9 Å². The molecule has 0 aliphatic carbocycles. The van der Waals surface area contributed by atoms with Gasteiger partial charge in [0.1, 0.15) is 6.79 Å². The van der Waals surface area contributed by atoms with E-state index in [1.54, 1.807) is 7.11 Å². The number of hydrogen-bond acceptors (Lipinski definition) is 2. The average Bonchev–Trinajstić information content (AvgIpc) is 2.35. The van der Waals surface area contributed by atoms with Gasteiger partial charge in [-0.1, -0.05) is 25.2 Å². The summed E-state index contributed by atoms with van der Waals surface area (Å²) < 4.78 is 10.3. The van der Waals surface area contributed by atoms with Crippen molar-refractivity contribution in [3.05, 3.63) is 38.0 Å². The Kier molecular flexibility index (Phi) is 7.86. The molecule has 0 aromatic rings. The number of ether oxygens (including phenoxy) is 2. The Morgan fingerprint density at radius 1 is 1.25 bits per heavy atom. The van der Waals surface area contributed by atoms with Gasteiger partial charge in [0.2, 0.25) is 0 Å². The summed E-state index contributed by atoms with van der Waals surface area (Å²) in [6.45, 7) is 14.0. The van der Waals surface area contributed by atoms with Crippen LogP contribution < -0.4 is 0 Å². The van der Waals surface area contributed by atoms with Crippen molar-refractivity contribution in [1.29, 1.82) is 0 Å². The maximum atomic E-state index is 5.46. The standard InChI is InChI=1S/C14H24O2/c1-6-13(16-12-15-5)10-11-14(7-2,8-3)9-4/h6-8,13H,1-3,9-12H2,4-5H3. The molecule has 2 heteroatoms. The minimum Gasteiger partial charge on any atom is -0.359 e. The van der Waals surface area contributed by atoms with E-state index >= 15 is 0 Å². The second-order valence-electron chi connectivity index (χ2n) is 3.88. The van der Waals surface area contributed by atoms with E-state index in [2.05, 4.69) is 26.7 Å². The Balaban J connectivity index is 4.21. The maximum absolute atomic E-state index is 5.46. The SMILES string of the molecule is C=CC(CCC(C=C)(C=C)CC)OCOC. The molecule has 0 aromatic carbocycles. The van der Waals surface area contributed by atoms with Crippen LogP contribution in [0, 0.1) is 5.41 Å². The molecule has 0 aliphatic heterocycles. The third kappa shape index (κ3) is 4.77. The first-order valence-electron chi connectivity index (χ1n) is 5.68. The first-order chi connectivity index (χ1) is 7.67. The van der Waals surface area contributed by atoms with Crippen molar-refractivity contribution in [1.82, 2.24) is 0 Å². The van der Waals surface area contributed by atoms with Crippen LogP contribution in [0.1, 0.15) is 26.2 Å². The molecule has 0 fully saturated rings. The number of rotatable bonds is 10. The Morgan fingerprint density at radius 3 is 2.25 bits per heavy atom. The second-order valence-corrected chi connectivity index (χ2v) is 3.88. The molecule has 2 nitrogen and oxygen atoms in total. The van der Waals surface area contributed by atoms with Crippen LogP contribution in [0.2, 0.25) is 0 Å². The predicted octanol–water partition coefficient (Wildman–Crippen LogP) is 3.71. The van der Waals surface area contributed by atoms with Gasteiger partial charge in [-0.15, -0.1) is 19.7 Å². The lowest BCUT2D eigenvalue weighted by molar-refractivity contribution is -0.0591.